The van der Waals surface area contributed by atoms with E-state index in [0.717, 1.165) is 49.3 Å². The molecule has 35 heavy (non-hydrogen) atoms. The predicted octanol–water partition coefficient (Wildman–Crippen LogP) is 3.15. The van der Waals surface area contributed by atoms with E-state index in [1.807, 2.05) is 49.4 Å². The van der Waals surface area contributed by atoms with Crippen LogP contribution in [0.4, 0.5) is 0 Å². The molecule has 3 rings (SSSR count). The minimum absolute atomic E-state index is 0.00112. The maximum Gasteiger partial charge on any atom is 0.107 e. The number of nitrogens with one attached hydrogen (secondary N) is 3. The number of aliphatic imine (C=N–C) groups is 1. The first-order valence-corrected chi connectivity index (χ1v) is 12.7. The molecular weight excluding hydrogens is 436 g/mol. The summed E-state index contributed by atoms with van der Waals surface area (Å²) in [5, 5.41) is 11.2. The Kier molecular flexibility index (Phi) is 10.9. The molecule has 1 aliphatic carbocycles. The molecule has 1 atom stereocenters. The molecule has 1 fully saturated rings. The third kappa shape index (κ3) is 8.56. The molecule has 1 aromatic rings. The van der Waals surface area contributed by atoms with Crippen LogP contribution in [0.25, 0.3) is 5.57 Å². The highest BCUT2D eigenvalue weighted by molar-refractivity contribution is 5.90. The van der Waals surface area contributed by atoms with E-state index in [4.69, 9.17) is 5.73 Å². The van der Waals surface area contributed by atoms with Crippen molar-refractivity contribution < 1.29 is 0 Å². The summed E-state index contributed by atoms with van der Waals surface area (Å²) in [4.78, 5) is 9.00. The highest BCUT2D eigenvalue weighted by atomic mass is 15.5. The minimum Gasteiger partial charge on any atom is -0.387 e. The van der Waals surface area contributed by atoms with E-state index in [-0.39, 0.29) is 6.04 Å². The third-order valence-electron chi connectivity index (χ3n) is 6.12. The van der Waals surface area contributed by atoms with E-state index in [2.05, 4.69) is 49.9 Å². The second-order valence-electron chi connectivity index (χ2n) is 9.01. The number of hydrogen-bond acceptors (Lipinski definition) is 7. The molecular formula is C27H42N8. The first-order chi connectivity index (χ1) is 17.1. The van der Waals surface area contributed by atoms with Crippen molar-refractivity contribution in [3.8, 4) is 0 Å². The van der Waals surface area contributed by atoms with Gasteiger partial charge in [-0.15, -0.1) is 0 Å². The van der Waals surface area contributed by atoms with Gasteiger partial charge in [-0.1, -0.05) is 24.8 Å². The second-order valence-corrected chi connectivity index (χ2v) is 9.01. The van der Waals surface area contributed by atoms with Crippen molar-refractivity contribution in [1.29, 1.82) is 0 Å². The van der Waals surface area contributed by atoms with Crippen molar-refractivity contribution in [3.63, 3.8) is 0 Å². The second kappa shape index (κ2) is 14.3. The zero-order valence-electron chi connectivity index (χ0n) is 21.3. The van der Waals surface area contributed by atoms with Gasteiger partial charge in [-0.3, -0.25) is 4.99 Å². The highest BCUT2D eigenvalue weighted by Crippen LogP contribution is 2.29. The summed E-state index contributed by atoms with van der Waals surface area (Å²) >= 11 is 0. The van der Waals surface area contributed by atoms with Gasteiger partial charge in [0.05, 0.1) is 12.4 Å². The summed E-state index contributed by atoms with van der Waals surface area (Å²) < 4.78 is 0. The number of nitrogens with zero attached hydrogens (tertiary/aromatic N) is 4. The largest absolute Gasteiger partial charge is 0.387 e. The Morgan fingerprint density at radius 2 is 2.17 bits per heavy atom. The van der Waals surface area contributed by atoms with Gasteiger partial charge in [-0.2, -0.15) is 9.89 Å². The van der Waals surface area contributed by atoms with Gasteiger partial charge in [0.25, 0.3) is 0 Å². The number of likely N-dealkylation sites (N-methyl/N-ethyl adjacent to an activating group) is 1. The Bertz CT molecular complexity index is 958. The van der Waals surface area contributed by atoms with Crippen LogP contribution in [0.15, 0.2) is 71.3 Å². The fourth-order valence-electron chi connectivity index (χ4n) is 4.36. The van der Waals surface area contributed by atoms with Gasteiger partial charge in [-0.05, 0) is 76.4 Å². The molecule has 0 bridgehead atoms. The number of rotatable bonds is 14. The van der Waals surface area contributed by atoms with Gasteiger partial charge in [0.2, 0.25) is 0 Å². The van der Waals surface area contributed by atoms with Crippen LogP contribution in [0, 0.1) is 0 Å². The SMILES string of the molecule is C=C/C=C(\C=C/C(C)N)NC/N=C\C1=C(NC)C(c2cnn(NCCCN3CCCC3)c2)=CCC1. The van der Waals surface area contributed by atoms with E-state index in [9.17, 15) is 0 Å². The van der Waals surface area contributed by atoms with Crippen molar-refractivity contribution in [3.05, 3.63) is 71.9 Å². The van der Waals surface area contributed by atoms with Gasteiger partial charge in [-0.25, -0.2) is 0 Å². The molecule has 2 aliphatic rings. The van der Waals surface area contributed by atoms with E-state index >= 15 is 0 Å². The standard InChI is InChI=1S/C27H42N8/c1-4-9-25(13-12-22(2)28)31-21-30-18-23-10-7-11-26(27(23)29-3)24-19-33-35(20-24)32-14-8-17-34-15-5-6-16-34/h4,9,11-13,18-20,22,29,31-32H,1,5-8,10,14-17,21,28H2,2-3H3/b13-12-,25-9+,30-18-. The van der Waals surface area contributed by atoms with Crippen LogP contribution in [-0.2, 0) is 0 Å². The average Bonchev–Trinajstić information content (AvgIpc) is 3.55. The normalized spacial score (nSPS) is 18.4. The fraction of sp³-hybridized carbons (Fsp3) is 0.481. The lowest BCUT2D eigenvalue weighted by molar-refractivity contribution is 0.336. The van der Waals surface area contributed by atoms with Crippen molar-refractivity contribution in [1.82, 2.24) is 25.4 Å². The lowest BCUT2D eigenvalue weighted by Crippen LogP contribution is -2.24. The van der Waals surface area contributed by atoms with E-state index < -0.39 is 0 Å². The van der Waals surface area contributed by atoms with Crippen LogP contribution in [0.5, 0.6) is 0 Å². The molecule has 1 aromatic heterocycles. The third-order valence-corrected chi connectivity index (χ3v) is 6.12. The van der Waals surface area contributed by atoms with Crippen LogP contribution in [-0.4, -0.2) is 66.9 Å². The number of nitrogens with two attached hydrogens (primary N) is 1. The fourth-order valence-corrected chi connectivity index (χ4v) is 4.36. The lowest BCUT2D eigenvalue weighted by Gasteiger charge is -2.19. The van der Waals surface area contributed by atoms with Crippen molar-refractivity contribution >= 4 is 11.8 Å². The summed E-state index contributed by atoms with van der Waals surface area (Å²) in [5.41, 5.74) is 14.7. The average molecular weight is 479 g/mol. The smallest absolute Gasteiger partial charge is 0.107 e. The van der Waals surface area contributed by atoms with Gasteiger partial charge in [0.1, 0.15) is 6.67 Å². The molecule has 0 radical (unpaired) electrons. The number of allylic oxidation sites excluding steroid dienone is 6. The quantitative estimate of drug-likeness (QED) is 0.186. The predicted molar refractivity (Wildman–Crippen MR) is 148 cm³/mol. The first-order valence-electron chi connectivity index (χ1n) is 12.7. The summed E-state index contributed by atoms with van der Waals surface area (Å²) in [5.74, 6) is 0. The summed E-state index contributed by atoms with van der Waals surface area (Å²) in [6.45, 7) is 10.8. The Balaban J connectivity index is 1.56. The zero-order chi connectivity index (χ0) is 24.9. The molecule has 8 heteroatoms. The van der Waals surface area contributed by atoms with E-state index in [1.165, 1.54) is 37.1 Å². The van der Waals surface area contributed by atoms with Crippen LogP contribution >= 0.6 is 0 Å². The molecule has 0 spiro atoms. The maximum atomic E-state index is 5.81. The zero-order valence-corrected chi connectivity index (χ0v) is 21.3. The first kappa shape index (κ1) is 26.5. The number of hydrogen-bond donors (Lipinski definition) is 4. The Labute approximate surface area is 210 Å². The van der Waals surface area contributed by atoms with Crippen LogP contribution in [0.1, 0.15) is 44.6 Å². The molecule has 1 saturated heterocycles. The lowest BCUT2D eigenvalue weighted by atomic mass is 9.93. The van der Waals surface area contributed by atoms with Crippen LogP contribution in [0.3, 0.4) is 0 Å². The van der Waals surface area contributed by atoms with Gasteiger partial charge >= 0.3 is 0 Å². The highest BCUT2D eigenvalue weighted by Gasteiger charge is 2.17. The summed E-state index contributed by atoms with van der Waals surface area (Å²) in [6.07, 6.45) is 21.5. The molecule has 1 unspecified atom stereocenters. The molecule has 2 heterocycles. The Morgan fingerprint density at radius 3 is 2.91 bits per heavy atom. The molecule has 1 aliphatic heterocycles. The van der Waals surface area contributed by atoms with Gasteiger partial charge < -0.3 is 26.7 Å². The number of likely N-dealkylation sites (tertiary alicyclic amines) is 1. The van der Waals surface area contributed by atoms with Crippen LogP contribution in [0.2, 0.25) is 0 Å². The minimum atomic E-state index is -0.00112. The van der Waals surface area contributed by atoms with Crippen LogP contribution < -0.4 is 21.8 Å². The van der Waals surface area contributed by atoms with E-state index in [0.29, 0.717) is 6.67 Å². The summed E-state index contributed by atoms with van der Waals surface area (Å²) in [7, 11) is 1.96. The van der Waals surface area contributed by atoms with Crippen molar-refractivity contribution in [2.75, 3.05) is 45.3 Å². The summed E-state index contributed by atoms with van der Waals surface area (Å²) in [6, 6.07) is -0.00112. The monoisotopic (exact) mass is 478 g/mol. The molecule has 0 saturated carbocycles. The topological polar surface area (TPSA) is 95.5 Å². The Hall–Kier alpha value is -3.10. The molecule has 0 amide bonds. The van der Waals surface area contributed by atoms with Gasteiger partial charge in [0.15, 0.2) is 0 Å². The van der Waals surface area contributed by atoms with Crippen molar-refractivity contribution in [2.45, 2.75) is 45.1 Å². The van der Waals surface area contributed by atoms with Crippen molar-refractivity contribution in [2.24, 2.45) is 10.7 Å². The number of aromatic nitrogens is 2. The maximum absolute atomic E-state index is 5.81. The van der Waals surface area contributed by atoms with Gasteiger partial charge in [0, 0.05) is 48.4 Å². The molecule has 0 aromatic carbocycles. The molecule has 190 valence electrons. The van der Waals surface area contributed by atoms with E-state index in [1.54, 1.807) is 6.08 Å². The molecule has 5 N–H and O–H groups in total. The Morgan fingerprint density at radius 1 is 1.34 bits per heavy atom. The molecule has 8 nitrogen and oxygen atoms in total.